The van der Waals surface area contributed by atoms with Crippen LogP contribution in [-0.2, 0) is 4.79 Å². The predicted octanol–water partition coefficient (Wildman–Crippen LogP) is 1.88. The number of nitrogens with one attached hydrogen (secondary N) is 1. The molecule has 0 spiro atoms. The number of hydrogen-bond donors (Lipinski definition) is 1. The molecule has 0 aliphatic heterocycles. The summed E-state index contributed by atoms with van der Waals surface area (Å²) in [6.07, 6.45) is 6.58. The molecule has 1 heterocycles. The zero-order chi connectivity index (χ0) is 13.2. The molecule has 0 atom stereocenters. The van der Waals surface area contributed by atoms with Crippen LogP contribution in [0.25, 0.3) is 0 Å². The summed E-state index contributed by atoms with van der Waals surface area (Å²) in [6, 6.07) is 0.573. The smallest absolute Gasteiger partial charge is 0.230 e. The fourth-order valence-electron chi connectivity index (χ4n) is 2.05. The first kappa shape index (κ1) is 12.7. The Morgan fingerprint density at radius 2 is 2.21 bits per heavy atom. The molecule has 6 heteroatoms. The number of rotatable bonds is 7. The van der Waals surface area contributed by atoms with Crippen LogP contribution in [0.2, 0.25) is 0 Å². The average molecular weight is 278 g/mol. The van der Waals surface area contributed by atoms with Gasteiger partial charge in [-0.25, -0.2) is 0 Å². The van der Waals surface area contributed by atoms with Gasteiger partial charge in [0.15, 0.2) is 5.16 Å². The molecule has 2 fully saturated rings. The Kier molecular flexibility index (Phi) is 3.59. The van der Waals surface area contributed by atoms with Gasteiger partial charge in [-0.15, -0.1) is 16.8 Å². The molecule has 0 aromatic carbocycles. The van der Waals surface area contributed by atoms with E-state index in [0.717, 1.165) is 11.0 Å². The monoisotopic (exact) mass is 278 g/mol. The van der Waals surface area contributed by atoms with Gasteiger partial charge in [0.2, 0.25) is 5.91 Å². The van der Waals surface area contributed by atoms with Gasteiger partial charge >= 0.3 is 0 Å². The molecule has 2 aliphatic rings. The standard InChI is InChI=1S/C13H18N4OS/c1-2-7-14-11(18)8-19-13-16-15-12(9-3-4-9)17(13)10-5-6-10/h2,9-10H,1,3-8H2,(H,14,18). The van der Waals surface area contributed by atoms with Crippen molar-refractivity contribution in [2.45, 2.75) is 42.8 Å². The lowest BCUT2D eigenvalue weighted by Crippen LogP contribution is -2.25. The zero-order valence-electron chi connectivity index (χ0n) is 10.8. The minimum absolute atomic E-state index is 0.0169. The second-order valence-corrected chi connectivity index (χ2v) is 6.04. The van der Waals surface area contributed by atoms with E-state index in [1.807, 2.05) is 0 Å². The van der Waals surface area contributed by atoms with Crippen LogP contribution >= 0.6 is 11.8 Å². The molecule has 2 saturated carbocycles. The maximum absolute atomic E-state index is 11.6. The first-order valence-corrected chi connectivity index (χ1v) is 7.73. The molecule has 0 bridgehead atoms. The predicted molar refractivity (Wildman–Crippen MR) is 74.2 cm³/mol. The van der Waals surface area contributed by atoms with Crippen LogP contribution in [-0.4, -0.2) is 33.0 Å². The molecule has 0 saturated heterocycles. The summed E-state index contributed by atoms with van der Waals surface area (Å²) in [4.78, 5) is 11.6. The lowest BCUT2D eigenvalue weighted by molar-refractivity contribution is -0.118. The van der Waals surface area contributed by atoms with Crippen LogP contribution in [0.15, 0.2) is 17.8 Å². The average Bonchev–Trinajstić information content (AvgIpc) is 3.32. The molecular weight excluding hydrogens is 260 g/mol. The molecule has 0 unspecified atom stereocenters. The van der Waals surface area contributed by atoms with Crippen LogP contribution in [0.4, 0.5) is 0 Å². The Labute approximate surface area is 116 Å². The van der Waals surface area contributed by atoms with Gasteiger partial charge < -0.3 is 9.88 Å². The number of aromatic nitrogens is 3. The summed E-state index contributed by atoms with van der Waals surface area (Å²) in [5, 5.41) is 12.3. The van der Waals surface area contributed by atoms with Gasteiger partial charge in [0, 0.05) is 18.5 Å². The Bertz CT molecular complexity index is 491. The summed E-state index contributed by atoms with van der Waals surface area (Å²) in [7, 11) is 0. The summed E-state index contributed by atoms with van der Waals surface area (Å²) in [6.45, 7) is 4.09. The van der Waals surface area contributed by atoms with Crippen molar-refractivity contribution in [3.05, 3.63) is 18.5 Å². The molecule has 5 nitrogen and oxygen atoms in total. The largest absolute Gasteiger partial charge is 0.352 e. The first-order chi connectivity index (χ1) is 9.29. The van der Waals surface area contributed by atoms with E-state index < -0.39 is 0 Å². The summed E-state index contributed by atoms with van der Waals surface area (Å²) in [5.74, 6) is 2.15. The summed E-state index contributed by atoms with van der Waals surface area (Å²) in [5.41, 5.74) is 0. The Balaban J connectivity index is 1.64. The van der Waals surface area contributed by atoms with E-state index in [-0.39, 0.29) is 5.91 Å². The van der Waals surface area contributed by atoms with E-state index in [4.69, 9.17) is 0 Å². The topological polar surface area (TPSA) is 59.8 Å². The highest BCUT2D eigenvalue weighted by Crippen LogP contribution is 2.45. The van der Waals surface area contributed by atoms with Crippen LogP contribution in [0, 0.1) is 0 Å². The summed E-state index contributed by atoms with van der Waals surface area (Å²) < 4.78 is 2.27. The number of nitrogens with zero attached hydrogens (tertiary/aromatic N) is 3. The van der Waals surface area contributed by atoms with Crippen molar-refractivity contribution in [1.29, 1.82) is 0 Å². The van der Waals surface area contributed by atoms with Gasteiger partial charge in [-0.3, -0.25) is 4.79 Å². The molecule has 0 radical (unpaired) electrons. The van der Waals surface area contributed by atoms with Gasteiger partial charge in [-0.05, 0) is 25.7 Å². The fraction of sp³-hybridized carbons (Fsp3) is 0.615. The van der Waals surface area contributed by atoms with Crippen molar-refractivity contribution >= 4 is 17.7 Å². The SMILES string of the molecule is C=CCNC(=O)CSc1nnc(C2CC2)n1C1CC1. The van der Waals surface area contributed by atoms with E-state index in [9.17, 15) is 4.79 Å². The molecule has 2 aliphatic carbocycles. The second-order valence-electron chi connectivity index (χ2n) is 5.10. The first-order valence-electron chi connectivity index (χ1n) is 6.74. The van der Waals surface area contributed by atoms with E-state index in [1.54, 1.807) is 6.08 Å². The van der Waals surface area contributed by atoms with Crippen LogP contribution in [0.3, 0.4) is 0 Å². The second kappa shape index (κ2) is 5.36. The van der Waals surface area contributed by atoms with Crippen molar-refractivity contribution in [2.75, 3.05) is 12.3 Å². The number of hydrogen-bond acceptors (Lipinski definition) is 4. The highest BCUT2D eigenvalue weighted by molar-refractivity contribution is 7.99. The maximum atomic E-state index is 11.6. The van der Waals surface area contributed by atoms with Crippen LogP contribution in [0.5, 0.6) is 0 Å². The van der Waals surface area contributed by atoms with Crippen molar-refractivity contribution in [3.8, 4) is 0 Å². The number of carbonyl (C=O) groups excluding carboxylic acids is 1. The van der Waals surface area contributed by atoms with E-state index in [0.29, 0.717) is 24.3 Å². The highest BCUT2D eigenvalue weighted by atomic mass is 32.2. The number of thioether (sulfide) groups is 1. The van der Waals surface area contributed by atoms with Crippen molar-refractivity contribution in [3.63, 3.8) is 0 Å². The number of carbonyl (C=O) groups is 1. The van der Waals surface area contributed by atoms with Gasteiger partial charge in [0.1, 0.15) is 5.82 Å². The van der Waals surface area contributed by atoms with Gasteiger partial charge in [-0.2, -0.15) is 0 Å². The quantitative estimate of drug-likeness (QED) is 0.611. The van der Waals surface area contributed by atoms with Crippen molar-refractivity contribution in [1.82, 2.24) is 20.1 Å². The molecule has 1 aromatic heterocycles. The van der Waals surface area contributed by atoms with Crippen molar-refractivity contribution in [2.24, 2.45) is 0 Å². The van der Waals surface area contributed by atoms with Crippen LogP contribution in [0.1, 0.15) is 43.5 Å². The third-order valence-corrected chi connectivity index (χ3v) is 4.26. The minimum atomic E-state index is 0.0169. The Morgan fingerprint density at radius 3 is 2.84 bits per heavy atom. The molecular formula is C13H18N4OS. The maximum Gasteiger partial charge on any atom is 0.230 e. The number of amides is 1. The van der Waals surface area contributed by atoms with Crippen LogP contribution < -0.4 is 5.32 Å². The molecule has 1 amide bonds. The molecule has 1 aromatic rings. The lowest BCUT2D eigenvalue weighted by Gasteiger charge is -2.07. The van der Waals surface area contributed by atoms with E-state index in [1.165, 1.54) is 37.4 Å². The van der Waals surface area contributed by atoms with E-state index in [2.05, 4.69) is 26.7 Å². The molecule has 19 heavy (non-hydrogen) atoms. The fourth-order valence-corrected chi connectivity index (χ4v) is 2.89. The van der Waals surface area contributed by atoms with Gasteiger partial charge in [0.25, 0.3) is 0 Å². The van der Waals surface area contributed by atoms with E-state index >= 15 is 0 Å². The highest BCUT2D eigenvalue weighted by Gasteiger charge is 2.36. The third-order valence-electron chi connectivity index (χ3n) is 3.32. The molecule has 3 rings (SSSR count). The van der Waals surface area contributed by atoms with Crippen molar-refractivity contribution < 1.29 is 4.79 Å². The van der Waals surface area contributed by atoms with Gasteiger partial charge in [-0.1, -0.05) is 17.8 Å². The Morgan fingerprint density at radius 1 is 1.42 bits per heavy atom. The summed E-state index contributed by atoms with van der Waals surface area (Å²) >= 11 is 1.48. The minimum Gasteiger partial charge on any atom is -0.352 e. The zero-order valence-corrected chi connectivity index (χ0v) is 11.7. The Hall–Kier alpha value is -1.30. The lowest BCUT2D eigenvalue weighted by atomic mass is 10.4. The molecule has 102 valence electrons. The normalized spacial score (nSPS) is 18.3. The molecule has 1 N–H and O–H groups in total. The van der Waals surface area contributed by atoms with Gasteiger partial charge in [0.05, 0.1) is 5.75 Å². The third kappa shape index (κ3) is 3.00.